The minimum absolute atomic E-state index is 0.0652. The molecule has 0 fully saturated rings. The summed E-state index contributed by atoms with van der Waals surface area (Å²) in [5.41, 5.74) is 2.68. The van der Waals surface area contributed by atoms with Crippen molar-refractivity contribution in [3.8, 4) is 11.4 Å². The molecule has 1 aliphatic rings. The lowest BCUT2D eigenvalue weighted by Gasteiger charge is -2.24. The maximum atomic E-state index is 13.2. The number of hydrogen-bond donors (Lipinski definition) is 1. The molecule has 1 aliphatic heterocycles. The van der Waals surface area contributed by atoms with Crippen LogP contribution in [-0.2, 0) is 4.79 Å². The van der Waals surface area contributed by atoms with Gasteiger partial charge in [0.1, 0.15) is 17.4 Å². The summed E-state index contributed by atoms with van der Waals surface area (Å²) in [5.74, 6) is 1.01. The predicted molar refractivity (Wildman–Crippen MR) is 105 cm³/mol. The van der Waals surface area contributed by atoms with Gasteiger partial charge in [-0.25, -0.2) is 9.07 Å². The monoisotopic (exact) mass is 379 g/mol. The molecule has 1 amide bonds. The summed E-state index contributed by atoms with van der Waals surface area (Å²) in [6.45, 7) is 2.83. The van der Waals surface area contributed by atoms with E-state index >= 15 is 0 Å². The first-order valence-electron chi connectivity index (χ1n) is 9.52. The lowest BCUT2D eigenvalue weighted by atomic mass is 9.87. The molecule has 3 aromatic rings. The Kier molecular flexibility index (Phi) is 5.10. The molecule has 1 N–H and O–H groups in total. The Morgan fingerprint density at radius 1 is 1.18 bits per heavy atom. The summed E-state index contributed by atoms with van der Waals surface area (Å²) < 4.78 is 20.6. The Balaban J connectivity index is 1.62. The van der Waals surface area contributed by atoms with Crippen LogP contribution in [0.3, 0.4) is 0 Å². The molecule has 0 bridgehead atoms. The largest absolute Gasteiger partial charge is 0.494 e. The Bertz CT molecular complexity index is 964. The maximum Gasteiger partial charge on any atom is 0.226 e. The van der Waals surface area contributed by atoms with Crippen LogP contribution in [0.5, 0.6) is 5.75 Å². The summed E-state index contributed by atoms with van der Waals surface area (Å²) in [4.78, 5) is 12.3. The molecular weight excluding hydrogens is 357 g/mol. The molecule has 144 valence electrons. The number of benzene rings is 2. The van der Waals surface area contributed by atoms with Gasteiger partial charge in [0.25, 0.3) is 0 Å². The third kappa shape index (κ3) is 3.63. The van der Waals surface area contributed by atoms with Crippen LogP contribution in [0.4, 0.5) is 10.2 Å². The molecule has 0 unspecified atom stereocenters. The number of carbonyl (C=O) groups is 1. The molecule has 28 heavy (non-hydrogen) atoms. The summed E-state index contributed by atoms with van der Waals surface area (Å²) >= 11 is 0. The quantitative estimate of drug-likeness (QED) is 0.634. The van der Waals surface area contributed by atoms with Gasteiger partial charge in [0.15, 0.2) is 0 Å². The van der Waals surface area contributed by atoms with Crippen molar-refractivity contribution in [3.05, 3.63) is 71.7 Å². The van der Waals surface area contributed by atoms with Crippen LogP contribution in [-0.4, -0.2) is 22.3 Å². The average molecular weight is 379 g/mol. The maximum absolute atomic E-state index is 13.2. The Labute approximate surface area is 163 Å². The van der Waals surface area contributed by atoms with Crippen molar-refractivity contribution >= 4 is 11.7 Å². The molecule has 5 nitrogen and oxygen atoms in total. The number of fused-ring (bicyclic) bond motifs is 1. The van der Waals surface area contributed by atoms with Crippen LogP contribution in [0.2, 0.25) is 0 Å². The second kappa shape index (κ2) is 7.84. The second-order valence-electron chi connectivity index (χ2n) is 6.91. The van der Waals surface area contributed by atoms with Gasteiger partial charge in [0.2, 0.25) is 5.91 Å². The number of rotatable bonds is 6. The van der Waals surface area contributed by atoms with Crippen molar-refractivity contribution in [2.45, 2.75) is 32.1 Å². The zero-order valence-electron chi connectivity index (χ0n) is 15.7. The van der Waals surface area contributed by atoms with E-state index in [1.807, 2.05) is 24.3 Å². The Hall–Kier alpha value is -3.15. The van der Waals surface area contributed by atoms with E-state index in [0.29, 0.717) is 24.5 Å². The fourth-order valence-corrected chi connectivity index (χ4v) is 3.43. The zero-order valence-corrected chi connectivity index (χ0v) is 15.7. The van der Waals surface area contributed by atoms with Gasteiger partial charge in [-0.05, 0) is 48.4 Å². The first-order valence-corrected chi connectivity index (χ1v) is 9.52. The Morgan fingerprint density at radius 2 is 1.93 bits per heavy atom. The van der Waals surface area contributed by atoms with E-state index in [2.05, 4.69) is 17.3 Å². The number of unbranched alkanes of at least 4 members (excludes halogenated alkanes) is 1. The van der Waals surface area contributed by atoms with E-state index in [1.54, 1.807) is 23.0 Å². The summed E-state index contributed by atoms with van der Waals surface area (Å²) in [6, 6.07) is 13.9. The van der Waals surface area contributed by atoms with Gasteiger partial charge in [-0.2, -0.15) is 5.10 Å². The van der Waals surface area contributed by atoms with Gasteiger partial charge in [0, 0.05) is 17.9 Å². The normalized spacial score (nSPS) is 15.8. The molecule has 0 radical (unpaired) electrons. The summed E-state index contributed by atoms with van der Waals surface area (Å²) in [6.07, 6.45) is 4.25. The van der Waals surface area contributed by atoms with Crippen LogP contribution < -0.4 is 10.1 Å². The van der Waals surface area contributed by atoms with Crippen molar-refractivity contribution < 1.29 is 13.9 Å². The molecule has 4 rings (SSSR count). The predicted octanol–water partition coefficient (Wildman–Crippen LogP) is 4.66. The van der Waals surface area contributed by atoms with E-state index < -0.39 is 0 Å². The molecule has 0 saturated heterocycles. The molecular formula is C22H22FN3O2. The Morgan fingerprint density at radius 3 is 2.64 bits per heavy atom. The topological polar surface area (TPSA) is 56.1 Å². The summed E-state index contributed by atoms with van der Waals surface area (Å²) in [5, 5.41) is 7.34. The molecule has 1 atom stereocenters. The van der Waals surface area contributed by atoms with E-state index in [1.165, 1.54) is 12.1 Å². The first-order chi connectivity index (χ1) is 13.7. The number of anilines is 1. The van der Waals surface area contributed by atoms with E-state index in [9.17, 15) is 9.18 Å². The van der Waals surface area contributed by atoms with Gasteiger partial charge in [0.05, 0.1) is 18.5 Å². The molecule has 1 aromatic heterocycles. The van der Waals surface area contributed by atoms with Crippen molar-refractivity contribution in [2.75, 3.05) is 11.9 Å². The number of amides is 1. The third-order valence-corrected chi connectivity index (χ3v) is 4.94. The molecule has 6 heteroatoms. The number of nitrogens with zero attached hydrogens (tertiary/aromatic N) is 2. The van der Waals surface area contributed by atoms with Crippen molar-refractivity contribution in [2.24, 2.45) is 0 Å². The van der Waals surface area contributed by atoms with E-state index in [0.717, 1.165) is 29.7 Å². The lowest BCUT2D eigenvalue weighted by molar-refractivity contribution is -0.116. The molecule has 0 aliphatic carbocycles. The highest BCUT2D eigenvalue weighted by molar-refractivity contribution is 5.94. The average Bonchev–Trinajstić information content (AvgIpc) is 3.12. The number of nitrogens with one attached hydrogen (secondary N) is 1. The van der Waals surface area contributed by atoms with Gasteiger partial charge in [-0.3, -0.25) is 4.79 Å². The minimum Gasteiger partial charge on any atom is -0.494 e. The molecule has 2 aromatic carbocycles. The fraction of sp³-hybridized carbons (Fsp3) is 0.273. The van der Waals surface area contributed by atoms with Crippen LogP contribution in [0.1, 0.15) is 43.2 Å². The third-order valence-electron chi connectivity index (χ3n) is 4.94. The zero-order chi connectivity index (χ0) is 19.5. The van der Waals surface area contributed by atoms with Gasteiger partial charge in [-0.15, -0.1) is 0 Å². The number of carbonyl (C=O) groups excluding carboxylic acids is 1. The van der Waals surface area contributed by atoms with E-state index in [-0.39, 0.29) is 17.6 Å². The van der Waals surface area contributed by atoms with Crippen molar-refractivity contribution in [1.29, 1.82) is 0 Å². The highest BCUT2D eigenvalue weighted by Gasteiger charge is 2.30. The van der Waals surface area contributed by atoms with Crippen LogP contribution in [0, 0.1) is 5.82 Å². The van der Waals surface area contributed by atoms with Gasteiger partial charge >= 0.3 is 0 Å². The van der Waals surface area contributed by atoms with Crippen molar-refractivity contribution in [3.63, 3.8) is 0 Å². The van der Waals surface area contributed by atoms with Crippen LogP contribution >= 0.6 is 0 Å². The number of aromatic nitrogens is 2. The van der Waals surface area contributed by atoms with Crippen LogP contribution in [0.25, 0.3) is 5.69 Å². The SMILES string of the molecule is CCCCOc1ccc([C@H]2CC(=O)Nc3c2cnn3-c2ccc(F)cc2)cc1. The number of halogens is 1. The van der Waals surface area contributed by atoms with E-state index in [4.69, 9.17) is 4.74 Å². The van der Waals surface area contributed by atoms with Gasteiger partial charge in [-0.1, -0.05) is 25.5 Å². The van der Waals surface area contributed by atoms with Crippen LogP contribution in [0.15, 0.2) is 54.7 Å². The number of ether oxygens (including phenoxy) is 1. The van der Waals surface area contributed by atoms with Crippen molar-refractivity contribution in [1.82, 2.24) is 9.78 Å². The molecule has 0 saturated carbocycles. The fourth-order valence-electron chi connectivity index (χ4n) is 3.43. The molecule has 2 heterocycles. The molecule has 0 spiro atoms. The van der Waals surface area contributed by atoms with Gasteiger partial charge < -0.3 is 10.1 Å². The second-order valence-corrected chi connectivity index (χ2v) is 6.91. The summed E-state index contributed by atoms with van der Waals surface area (Å²) in [7, 11) is 0. The standard InChI is InChI=1S/C22H22FN3O2/c1-2-3-12-28-18-10-4-15(5-11-18)19-13-21(27)25-22-20(19)14-24-26(22)17-8-6-16(23)7-9-17/h4-11,14,19H,2-3,12-13H2,1H3,(H,25,27)/t19-/m1/s1. The number of hydrogen-bond acceptors (Lipinski definition) is 3. The first kappa shape index (κ1) is 18.2. The highest BCUT2D eigenvalue weighted by Crippen LogP contribution is 2.38. The minimum atomic E-state index is -0.312. The smallest absolute Gasteiger partial charge is 0.226 e. The lowest BCUT2D eigenvalue weighted by Crippen LogP contribution is -2.24. The highest BCUT2D eigenvalue weighted by atomic mass is 19.1.